The van der Waals surface area contributed by atoms with Crippen LogP contribution in [0.3, 0.4) is 0 Å². The van der Waals surface area contributed by atoms with Crippen LogP contribution >= 0.6 is 0 Å². The van der Waals surface area contributed by atoms with Crippen LogP contribution in [0, 0.1) is 0 Å². The van der Waals surface area contributed by atoms with Crippen molar-refractivity contribution in [2.45, 2.75) is 95.9 Å². The van der Waals surface area contributed by atoms with Crippen LogP contribution < -0.4 is 0 Å². The second-order valence-corrected chi connectivity index (χ2v) is 6.21. The first-order valence-corrected chi connectivity index (χ1v) is 8.91. The number of aliphatic carboxylic acids is 1. The lowest BCUT2D eigenvalue weighted by atomic mass is 10.0. The molecule has 0 aromatic rings. The molecule has 0 unspecified atom stereocenters. The van der Waals surface area contributed by atoms with Gasteiger partial charge in [-0.2, -0.15) is 0 Å². The molecule has 3 atom stereocenters. The van der Waals surface area contributed by atoms with Gasteiger partial charge in [0.1, 0.15) is 0 Å². The molecular formula is C18H34O5. The molecule has 0 aliphatic carbocycles. The summed E-state index contributed by atoms with van der Waals surface area (Å²) in [6.07, 6.45) is 9.56. The van der Waals surface area contributed by atoms with Crippen molar-refractivity contribution in [2.75, 3.05) is 0 Å². The molecule has 0 aliphatic rings. The van der Waals surface area contributed by atoms with Crippen molar-refractivity contribution >= 4 is 5.97 Å². The molecule has 4 N–H and O–H groups in total. The molecule has 5 heteroatoms. The summed E-state index contributed by atoms with van der Waals surface area (Å²) < 4.78 is 0. The highest BCUT2D eigenvalue weighted by Crippen LogP contribution is 2.12. The number of carboxylic acid groups (broad SMARTS) is 1. The third-order valence-corrected chi connectivity index (χ3v) is 3.92. The fourth-order valence-corrected chi connectivity index (χ4v) is 2.40. The van der Waals surface area contributed by atoms with E-state index in [1.807, 2.05) is 0 Å². The summed E-state index contributed by atoms with van der Waals surface area (Å²) in [5.41, 5.74) is 0. The second kappa shape index (κ2) is 14.7. The summed E-state index contributed by atoms with van der Waals surface area (Å²) in [7, 11) is 0. The fourth-order valence-electron chi connectivity index (χ4n) is 2.40. The molecule has 23 heavy (non-hydrogen) atoms. The first-order chi connectivity index (χ1) is 11.0. The zero-order chi connectivity index (χ0) is 17.5. The molecule has 0 radical (unpaired) electrons. The molecule has 0 rings (SSSR count). The molecule has 0 fully saturated rings. The van der Waals surface area contributed by atoms with Crippen LogP contribution in [0.25, 0.3) is 0 Å². The molecular weight excluding hydrogens is 296 g/mol. The van der Waals surface area contributed by atoms with Gasteiger partial charge in [-0.1, -0.05) is 57.6 Å². The van der Waals surface area contributed by atoms with E-state index in [0.717, 1.165) is 12.8 Å². The number of hydrogen-bond donors (Lipinski definition) is 4. The molecule has 0 aromatic heterocycles. The van der Waals surface area contributed by atoms with Gasteiger partial charge in [-0.3, -0.25) is 4.79 Å². The van der Waals surface area contributed by atoms with Crippen LogP contribution in [0.2, 0.25) is 0 Å². The monoisotopic (exact) mass is 330 g/mol. The largest absolute Gasteiger partial charge is 0.481 e. The average Bonchev–Trinajstić information content (AvgIpc) is 2.52. The Balaban J connectivity index is 3.74. The molecule has 0 saturated heterocycles. The van der Waals surface area contributed by atoms with E-state index in [2.05, 4.69) is 6.92 Å². The van der Waals surface area contributed by atoms with E-state index in [1.165, 1.54) is 37.8 Å². The van der Waals surface area contributed by atoms with Crippen LogP contribution in [-0.4, -0.2) is 44.7 Å². The fraction of sp³-hybridized carbons (Fsp3) is 0.833. The molecule has 136 valence electrons. The van der Waals surface area contributed by atoms with Gasteiger partial charge in [0, 0.05) is 6.42 Å². The number of carboxylic acids is 1. The number of aliphatic hydroxyl groups excluding tert-OH is 3. The third-order valence-electron chi connectivity index (χ3n) is 3.92. The normalized spacial score (nSPS) is 15.7. The van der Waals surface area contributed by atoms with Gasteiger partial charge in [0.05, 0.1) is 18.3 Å². The van der Waals surface area contributed by atoms with E-state index >= 15 is 0 Å². The Morgan fingerprint density at radius 2 is 1.48 bits per heavy atom. The first-order valence-electron chi connectivity index (χ1n) is 8.91. The average molecular weight is 330 g/mol. The highest BCUT2D eigenvalue weighted by atomic mass is 16.4. The zero-order valence-corrected chi connectivity index (χ0v) is 14.4. The Morgan fingerprint density at radius 1 is 0.870 bits per heavy atom. The third kappa shape index (κ3) is 14.4. The van der Waals surface area contributed by atoms with Crippen LogP contribution in [0.1, 0.15) is 77.6 Å². The van der Waals surface area contributed by atoms with Gasteiger partial charge in [0.15, 0.2) is 0 Å². The molecule has 0 spiro atoms. The lowest BCUT2D eigenvalue weighted by Crippen LogP contribution is -2.24. The molecule has 0 amide bonds. The summed E-state index contributed by atoms with van der Waals surface area (Å²) in [6, 6.07) is 0. The Morgan fingerprint density at radius 3 is 2.13 bits per heavy atom. The molecule has 0 bridgehead atoms. The molecule has 0 aromatic carbocycles. The van der Waals surface area contributed by atoms with E-state index in [1.54, 1.807) is 0 Å². The van der Waals surface area contributed by atoms with Crippen molar-refractivity contribution in [3.8, 4) is 0 Å². The minimum absolute atomic E-state index is 0.107. The number of rotatable bonds is 15. The van der Waals surface area contributed by atoms with Gasteiger partial charge in [0.2, 0.25) is 0 Å². The van der Waals surface area contributed by atoms with Crippen LogP contribution in [0.4, 0.5) is 0 Å². The lowest BCUT2D eigenvalue weighted by molar-refractivity contribution is -0.137. The maximum atomic E-state index is 10.4. The summed E-state index contributed by atoms with van der Waals surface area (Å²) in [4.78, 5) is 10.4. The SMILES string of the molecule is CCCCCCCC[C@H](O)[C@H](O)C=C[C@@H](O)CCCCC(=O)O. The van der Waals surface area contributed by atoms with Crippen LogP contribution in [-0.2, 0) is 4.79 Å². The Labute approximate surface area is 140 Å². The number of unbranched alkanes of at least 4 members (excludes halogenated alkanes) is 6. The minimum atomic E-state index is -0.959. The van der Waals surface area contributed by atoms with Crippen molar-refractivity contribution in [1.82, 2.24) is 0 Å². The highest BCUT2D eigenvalue weighted by molar-refractivity contribution is 5.66. The van der Waals surface area contributed by atoms with E-state index < -0.39 is 24.3 Å². The number of hydrogen-bond acceptors (Lipinski definition) is 4. The summed E-state index contributed by atoms with van der Waals surface area (Å²) >= 11 is 0. The van der Waals surface area contributed by atoms with Gasteiger partial charge >= 0.3 is 5.97 Å². The van der Waals surface area contributed by atoms with Crippen LogP contribution in [0.5, 0.6) is 0 Å². The molecule has 0 heterocycles. The van der Waals surface area contributed by atoms with Crippen molar-refractivity contribution < 1.29 is 25.2 Å². The van der Waals surface area contributed by atoms with E-state index in [4.69, 9.17) is 5.11 Å². The first kappa shape index (κ1) is 22.1. The van der Waals surface area contributed by atoms with Gasteiger partial charge in [-0.05, 0) is 25.7 Å². The number of aliphatic hydroxyl groups is 3. The Kier molecular flexibility index (Phi) is 14.1. The van der Waals surface area contributed by atoms with Crippen molar-refractivity contribution in [1.29, 1.82) is 0 Å². The standard InChI is InChI=1S/C18H34O5/c1-2-3-4-5-6-7-11-16(20)17(21)14-13-15(19)10-8-9-12-18(22)23/h13-17,19-21H,2-12H2,1H3,(H,22,23)/t15-,16-,17+/m0/s1. The predicted octanol–water partition coefficient (Wildman–Crippen LogP) is 3.02. The van der Waals surface area contributed by atoms with Gasteiger partial charge < -0.3 is 20.4 Å². The summed E-state index contributed by atoms with van der Waals surface area (Å²) in [6.45, 7) is 2.17. The van der Waals surface area contributed by atoms with Gasteiger partial charge in [-0.25, -0.2) is 0 Å². The Hall–Kier alpha value is -0.910. The molecule has 0 aliphatic heterocycles. The molecule has 0 saturated carbocycles. The molecule has 5 nitrogen and oxygen atoms in total. The maximum absolute atomic E-state index is 10.4. The second-order valence-electron chi connectivity index (χ2n) is 6.21. The van der Waals surface area contributed by atoms with E-state index in [9.17, 15) is 20.1 Å². The maximum Gasteiger partial charge on any atom is 0.303 e. The Bertz CT molecular complexity index is 317. The van der Waals surface area contributed by atoms with E-state index in [0.29, 0.717) is 25.7 Å². The van der Waals surface area contributed by atoms with Gasteiger partial charge in [0.25, 0.3) is 0 Å². The van der Waals surface area contributed by atoms with Gasteiger partial charge in [-0.15, -0.1) is 0 Å². The van der Waals surface area contributed by atoms with Crippen LogP contribution in [0.15, 0.2) is 12.2 Å². The van der Waals surface area contributed by atoms with Crippen molar-refractivity contribution in [2.24, 2.45) is 0 Å². The number of carbonyl (C=O) groups is 1. The zero-order valence-electron chi connectivity index (χ0n) is 14.4. The highest BCUT2D eigenvalue weighted by Gasteiger charge is 2.13. The van der Waals surface area contributed by atoms with Crippen molar-refractivity contribution in [3.63, 3.8) is 0 Å². The predicted molar refractivity (Wildman–Crippen MR) is 91.3 cm³/mol. The summed E-state index contributed by atoms with van der Waals surface area (Å²) in [5, 5.41) is 37.9. The van der Waals surface area contributed by atoms with Crippen molar-refractivity contribution in [3.05, 3.63) is 12.2 Å². The minimum Gasteiger partial charge on any atom is -0.481 e. The topological polar surface area (TPSA) is 98.0 Å². The lowest BCUT2D eigenvalue weighted by Gasteiger charge is -2.15. The van der Waals surface area contributed by atoms with E-state index in [-0.39, 0.29) is 6.42 Å². The summed E-state index contributed by atoms with van der Waals surface area (Å²) in [5.74, 6) is -0.830. The quantitative estimate of drug-likeness (QED) is 0.273. The smallest absolute Gasteiger partial charge is 0.303 e.